The molecule has 19 heavy (non-hydrogen) atoms. The molecule has 4 heteroatoms. The summed E-state index contributed by atoms with van der Waals surface area (Å²) in [4.78, 5) is 4.35. The highest BCUT2D eigenvalue weighted by atomic mass is 16.5. The van der Waals surface area contributed by atoms with E-state index in [1.807, 2.05) is 13.0 Å². The van der Waals surface area contributed by atoms with Crippen LogP contribution in [0.1, 0.15) is 22.4 Å². The number of hydrogen-bond donors (Lipinski definition) is 1. The lowest BCUT2D eigenvalue weighted by Crippen LogP contribution is -1.96. The van der Waals surface area contributed by atoms with Gasteiger partial charge in [0.15, 0.2) is 5.76 Å². The van der Waals surface area contributed by atoms with Gasteiger partial charge < -0.3 is 14.5 Å². The summed E-state index contributed by atoms with van der Waals surface area (Å²) in [5.74, 6) is 1.73. The summed E-state index contributed by atoms with van der Waals surface area (Å²) >= 11 is 0. The molecule has 0 atom stereocenters. The minimum Gasteiger partial charge on any atom is -0.496 e. The Balaban J connectivity index is 2.68. The van der Waals surface area contributed by atoms with Crippen LogP contribution in [0.4, 0.5) is 6.01 Å². The molecule has 0 spiro atoms. The molecule has 1 N–H and O–H groups in total. The zero-order chi connectivity index (χ0) is 14.2. The Morgan fingerprint density at radius 1 is 1.16 bits per heavy atom. The lowest BCUT2D eigenvalue weighted by atomic mass is 9.95. The fourth-order valence-corrected chi connectivity index (χ4v) is 2.34. The van der Waals surface area contributed by atoms with E-state index in [9.17, 15) is 0 Å². The molecule has 0 radical (unpaired) electrons. The maximum atomic E-state index is 5.78. The number of anilines is 1. The first-order valence-electron chi connectivity index (χ1n) is 6.30. The van der Waals surface area contributed by atoms with Crippen molar-refractivity contribution in [3.8, 4) is 17.1 Å². The van der Waals surface area contributed by atoms with Crippen LogP contribution in [0.25, 0.3) is 11.3 Å². The van der Waals surface area contributed by atoms with Gasteiger partial charge >= 0.3 is 0 Å². The number of ether oxygens (including phenoxy) is 1. The number of nitrogens with one attached hydrogen (secondary N) is 1. The molecule has 4 nitrogen and oxygen atoms in total. The van der Waals surface area contributed by atoms with E-state index in [1.165, 1.54) is 5.56 Å². The Hall–Kier alpha value is -1.97. The van der Waals surface area contributed by atoms with Gasteiger partial charge in [-0.2, -0.15) is 4.98 Å². The molecular formula is C15H20N2O2. The SMILES string of the molecule is CNc1nc(C)c(-c2c(C)cc(OC)c(C)c2C)o1. The van der Waals surface area contributed by atoms with Gasteiger partial charge in [0.25, 0.3) is 6.01 Å². The summed E-state index contributed by atoms with van der Waals surface area (Å²) < 4.78 is 11.2. The van der Waals surface area contributed by atoms with Crippen LogP contribution in [0.5, 0.6) is 5.75 Å². The van der Waals surface area contributed by atoms with E-state index < -0.39 is 0 Å². The second-order valence-electron chi connectivity index (χ2n) is 4.70. The number of benzene rings is 1. The van der Waals surface area contributed by atoms with Gasteiger partial charge in [-0.1, -0.05) is 0 Å². The second kappa shape index (κ2) is 4.96. The number of methoxy groups -OCH3 is 1. The molecule has 1 heterocycles. The summed E-state index contributed by atoms with van der Waals surface area (Å²) in [6.07, 6.45) is 0. The van der Waals surface area contributed by atoms with Crippen molar-refractivity contribution < 1.29 is 9.15 Å². The number of hydrogen-bond acceptors (Lipinski definition) is 4. The molecule has 0 saturated carbocycles. The maximum absolute atomic E-state index is 5.78. The van der Waals surface area contributed by atoms with Crippen molar-refractivity contribution >= 4 is 6.01 Å². The highest BCUT2D eigenvalue weighted by Crippen LogP contribution is 2.37. The third kappa shape index (κ3) is 2.18. The minimum atomic E-state index is 0.541. The first-order chi connectivity index (χ1) is 8.99. The number of rotatable bonds is 3. The van der Waals surface area contributed by atoms with Crippen molar-refractivity contribution in [1.82, 2.24) is 4.98 Å². The Morgan fingerprint density at radius 2 is 1.84 bits per heavy atom. The van der Waals surface area contributed by atoms with Crippen molar-refractivity contribution in [2.75, 3.05) is 19.5 Å². The van der Waals surface area contributed by atoms with E-state index in [0.29, 0.717) is 6.01 Å². The van der Waals surface area contributed by atoms with Gasteiger partial charge in [-0.3, -0.25) is 0 Å². The first kappa shape index (κ1) is 13.5. The van der Waals surface area contributed by atoms with Crippen molar-refractivity contribution in [2.45, 2.75) is 27.7 Å². The Labute approximate surface area is 113 Å². The van der Waals surface area contributed by atoms with Gasteiger partial charge in [-0.15, -0.1) is 0 Å². The third-order valence-electron chi connectivity index (χ3n) is 3.51. The van der Waals surface area contributed by atoms with Crippen LogP contribution < -0.4 is 10.1 Å². The summed E-state index contributed by atoms with van der Waals surface area (Å²) in [7, 11) is 3.49. The van der Waals surface area contributed by atoms with Crippen molar-refractivity contribution in [3.05, 3.63) is 28.5 Å². The Kier molecular flexibility index (Phi) is 3.51. The van der Waals surface area contributed by atoms with Gasteiger partial charge in [-0.25, -0.2) is 0 Å². The molecule has 0 amide bonds. The number of oxazole rings is 1. The van der Waals surface area contributed by atoms with Crippen molar-refractivity contribution in [2.24, 2.45) is 0 Å². The van der Waals surface area contributed by atoms with E-state index in [0.717, 1.165) is 33.9 Å². The molecule has 102 valence electrons. The molecule has 0 fully saturated rings. The van der Waals surface area contributed by atoms with Crippen LogP contribution in [-0.4, -0.2) is 19.1 Å². The first-order valence-corrected chi connectivity index (χ1v) is 6.30. The predicted octanol–water partition coefficient (Wildman–Crippen LogP) is 3.63. The molecular weight excluding hydrogens is 240 g/mol. The quantitative estimate of drug-likeness (QED) is 0.915. The molecule has 0 unspecified atom stereocenters. The normalized spacial score (nSPS) is 10.6. The monoisotopic (exact) mass is 260 g/mol. The smallest absolute Gasteiger partial charge is 0.295 e. The molecule has 0 bridgehead atoms. The highest BCUT2D eigenvalue weighted by Gasteiger charge is 2.18. The number of aryl methyl sites for hydroxylation is 2. The molecule has 1 aromatic carbocycles. The zero-order valence-corrected chi connectivity index (χ0v) is 12.3. The molecule has 0 aliphatic rings. The van der Waals surface area contributed by atoms with Crippen LogP contribution in [-0.2, 0) is 0 Å². The number of nitrogens with zero attached hydrogens (tertiary/aromatic N) is 1. The molecule has 2 aromatic rings. The van der Waals surface area contributed by atoms with Crippen LogP contribution in [0.15, 0.2) is 10.5 Å². The summed E-state index contributed by atoms with van der Waals surface area (Å²) in [5, 5.41) is 2.93. The van der Waals surface area contributed by atoms with Gasteiger partial charge in [0.05, 0.1) is 12.8 Å². The predicted molar refractivity (Wildman–Crippen MR) is 77.0 cm³/mol. The summed E-state index contributed by atoms with van der Waals surface area (Å²) in [5.41, 5.74) is 5.41. The molecule has 2 rings (SSSR count). The fraction of sp³-hybridized carbons (Fsp3) is 0.400. The third-order valence-corrected chi connectivity index (χ3v) is 3.51. The highest BCUT2D eigenvalue weighted by molar-refractivity contribution is 5.72. The summed E-state index contributed by atoms with van der Waals surface area (Å²) in [6, 6.07) is 2.58. The van der Waals surface area contributed by atoms with Gasteiger partial charge in [-0.05, 0) is 50.5 Å². The van der Waals surface area contributed by atoms with E-state index in [4.69, 9.17) is 9.15 Å². The molecule has 0 aliphatic heterocycles. The average molecular weight is 260 g/mol. The minimum absolute atomic E-state index is 0.541. The largest absolute Gasteiger partial charge is 0.496 e. The van der Waals surface area contributed by atoms with Crippen molar-refractivity contribution in [1.29, 1.82) is 0 Å². The van der Waals surface area contributed by atoms with Gasteiger partial charge in [0.2, 0.25) is 0 Å². The average Bonchev–Trinajstić information content (AvgIpc) is 2.75. The number of aromatic nitrogens is 1. The van der Waals surface area contributed by atoms with E-state index in [1.54, 1.807) is 14.2 Å². The fourth-order valence-electron chi connectivity index (χ4n) is 2.34. The molecule has 0 saturated heterocycles. The van der Waals surface area contributed by atoms with Crippen LogP contribution in [0.3, 0.4) is 0 Å². The van der Waals surface area contributed by atoms with E-state index in [2.05, 4.69) is 31.1 Å². The maximum Gasteiger partial charge on any atom is 0.295 e. The Bertz CT molecular complexity index is 615. The second-order valence-corrected chi connectivity index (χ2v) is 4.70. The van der Waals surface area contributed by atoms with E-state index in [-0.39, 0.29) is 0 Å². The summed E-state index contributed by atoms with van der Waals surface area (Å²) in [6.45, 7) is 8.16. The van der Waals surface area contributed by atoms with Gasteiger partial charge in [0, 0.05) is 12.6 Å². The van der Waals surface area contributed by atoms with Crippen LogP contribution >= 0.6 is 0 Å². The standard InChI is InChI=1S/C15H20N2O2/c1-8-7-12(18-6)9(2)10(3)13(8)14-11(4)17-15(16-5)19-14/h7H,1-6H3,(H,16,17). The topological polar surface area (TPSA) is 47.3 Å². The van der Waals surface area contributed by atoms with Crippen molar-refractivity contribution in [3.63, 3.8) is 0 Å². The molecule has 1 aromatic heterocycles. The lowest BCUT2D eigenvalue weighted by Gasteiger charge is -2.14. The lowest BCUT2D eigenvalue weighted by molar-refractivity contribution is 0.411. The Morgan fingerprint density at radius 3 is 2.37 bits per heavy atom. The van der Waals surface area contributed by atoms with Crippen LogP contribution in [0.2, 0.25) is 0 Å². The van der Waals surface area contributed by atoms with E-state index >= 15 is 0 Å². The molecule has 0 aliphatic carbocycles. The van der Waals surface area contributed by atoms with Crippen LogP contribution in [0, 0.1) is 27.7 Å². The van der Waals surface area contributed by atoms with Gasteiger partial charge in [0.1, 0.15) is 5.75 Å². The zero-order valence-electron chi connectivity index (χ0n) is 12.3.